The predicted molar refractivity (Wildman–Crippen MR) is 146 cm³/mol. The number of benzene rings is 4. The highest BCUT2D eigenvalue weighted by atomic mass is 35.5. The van der Waals surface area contributed by atoms with E-state index >= 15 is 0 Å². The second kappa shape index (κ2) is 11.0. The molecule has 5 aromatic rings. The van der Waals surface area contributed by atoms with Crippen molar-refractivity contribution >= 4 is 39.2 Å². The fraction of sp³-hybridized carbons (Fsp3) is 0. The Bertz CT molecular complexity index is 1650. The molecule has 0 atom stereocenters. The van der Waals surface area contributed by atoms with E-state index in [0.29, 0.717) is 22.2 Å². The Kier molecular flexibility index (Phi) is 7.37. The van der Waals surface area contributed by atoms with Crippen molar-refractivity contribution in [3.8, 4) is 17.1 Å². The number of sulfonamides is 1. The van der Waals surface area contributed by atoms with E-state index in [1.165, 1.54) is 36.4 Å². The summed E-state index contributed by atoms with van der Waals surface area (Å²) in [7, 11) is -3.91. The molecule has 0 unspecified atom stereocenters. The molecular formula is C27H20ClFN6O3S. The lowest BCUT2D eigenvalue weighted by Gasteiger charge is -2.09. The van der Waals surface area contributed by atoms with E-state index in [1.807, 2.05) is 0 Å². The Labute approximate surface area is 228 Å². The third-order valence-electron chi connectivity index (χ3n) is 5.54. The number of nitrogens with zero attached hydrogens (tertiary/aromatic N) is 3. The summed E-state index contributed by atoms with van der Waals surface area (Å²) in [6.45, 7) is 0. The van der Waals surface area contributed by atoms with Crippen LogP contribution < -0.4 is 15.6 Å². The average molecular weight is 563 g/mol. The number of hydrogen-bond acceptors (Lipinski definition) is 6. The number of halogens is 2. The van der Waals surface area contributed by atoms with E-state index in [4.69, 9.17) is 11.6 Å². The maximum atomic E-state index is 13.5. The number of amides is 1. The molecule has 0 bridgehead atoms. The fourth-order valence-electron chi connectivity index (χ4n) is 3.59. The van der Waals surface area contributed by atoms with Gasteiger partial charge in [-0.3, -0.25) is 10.2 Å². The highest BCUT2D eigenvalue weighted by Crippen LogP contribution is 2.26. The lowest BCUT2D eigenvalue weighted by atomic mass is 10.2. The minimum absolute atomic E-state index is 0.0235. The first-order valence-electron chi connectivity index (χ1n) is 11.5. The molecule has 0 aliphatic heterocycles. The summed E-state index contributed by atoms with van der Waals surface area (Å²) in [4.78, 5) is 19.2. The Morgan fingerprint density at radius 2 is 1.51 bits per heavy atom. The molecule has 0 aliphatic carbocycles. The van der Waals surface area contributed by atoms with Crippen LogP contribution in [0.5, 0.6) is 0 Å². The van der Waals surface area contributed by atoms with Crippen LogP contribution in [0.15, 0.2) is 108 Å². The molecule has 0 radical (unpaired) electrons. The average Bonchev–Trinajstić information content (AvgIpc) is 3.37. The highest BCUT2D eigenvalue weighted by Gasteiger charge is 2.17. The number of aromatic nitrogens is 3. The van der Waals surface area contributed by atoms with Gasteiger partial charge in [-0.05, 0) is 84.9 Å². The van der Waals surface area contributed by atoms with Gasteiger partial charge in [-0.15, -0.1) is 9.93 Å². The number of anilines is 2. The zero-order valence-corrected chi connectivity index (χ0v) is 21.6. The Hall–Kier alpha value is -4.58. The van der Waals surface area contributed by atoms with Crippen molar-refractivity contribution in [2.24, 2.45) is 0 Å². The Morgan fingerprint density at radius 1 is 0.846 bits per heavy atom. The van der Waals surface area contributed by atoms with Crippen LogP contribution in [0.3, 0.4) is 0 Å². The van der Waals surface area contributed by atoms with E-state index in [-0.39, 0.29) is 22.2 Å². The van der Waals surface area contributed by atoms with Gasteiger partial charge in [-0.2, -0.15) is 4.98 Å². The molecule has 0 saturated carbocycles. The third kappa shape index (κ3) is 6.12. The number of rotatable bonds is 8. The molecule has 196 valence electrons. The number of nitrogens with one attached hydrogen (secondary N) is 3. The molecule has 9 nitrogen and oxygen atoms in total. The van der Waals surface area contributed by atoms with E-state index in [9.17, 15) is 17.6 Å². The highest BCUT2D eigenvalue weighted by molar-refractivity contribution is 7.89. The lowest BCUT2D eigenvalue weighted by Crippen LogP contribution is -2.41. The van der Waals surface area contributed by atoms with Crippen molar-refractivity contribution in [1.29, 1.82) is 0 Å². The van der Waals surface area contributed by atoms with Crippen molar-refractivity contribution in [2.75, 3.05) is 5.32 Å². The number of carbonyl (C=O) groups is 1. The zero-order chi connectivity index (χ0) is 27.4. The third-order valence-corrected chi connectivity index (χ3v) is 7.05. The second-order valence-corrected chi connectivity index (χ2v) is 10.3. The van der Waals surface area contributed by atoms with Crippen LogP contribution in [0.1, 0.15) is 10.4 Å². The molecule has 0 saturated heterocycles. The molecule has 4 aromatic carbocycles. The predicted octanol–water partition coefficient (Wildman–Crippen LogP) is 5.09. The zero-order valence-electron chi connectivity index (χ0n) is 20.0. The van der Waals surface area contributed by atoms with Gasteiger partial charge in [0, 0.05) is 21.8 Å². The summed E-state index contributed by atoms with van der Waals surface area (Å²) in [6, 6.07) is 26.9. The van der Waals surface area contributed by atoms with Crippen molar-refractivity contribution in [3.05, 3.63) is 120 Å². The standard InChI is InChI=1S/C27H20ClFN6O3S/c28-20-10-6-18(7-11-20)25-31-27(33-35(25)23-16-12-21(29)13-17-23)30-22-14-8-19(9-15-22)26(36)32-34-39(37,38)24-4-2-1-3-5-24/h1-17,34H,(H,30,33)(H,32,36). The molecule has 0 fully saturated rings. The second-order valence-electron chi connectivity index (χ2n) is 8.23. The topological polar surface area (TPSA) is 118 Å². The Morgan fingerprint density at radius 3 is 2.18 bits per heavy atom. The van der Waals surface area contributed by atoms with Gasteiger partial charge >= 0.3 is 0 Å². The van der Waals surface area contributed by atoms with E-state index in [1.54, 1.807) is 71.4 Å². The molecule has 1 amide bonds. The largest absolute Gasteiger partial charge is 0.323 e. The van der Waals surface area contributed by atoms with E-state index in [2.05, 4.69) is 25.7 Å². The summed E-state index contributed by atoms with van der Waals surface area (Å²) in [6.07, 6.45) is 0. The van der Waals surface area contributed by atoms with Gasteiger partial charge in [-0.1, -0.05) is 29.8 Å². The lowest BCUT2D eigenvalue weighted by molar-refractivity contribution is 0.0945. The molecule has 0 aliphatic rings. The van der Waals surface area contributed by atoms with E-state index in [0.717, 1.165) is 5.56 Å². The molecule has 0 spiro atoms. The first-order valence-corrected chi connectivity index (χ1v) is 13.4. The molecule has 12 heteroatoms. The van der Waals surface area contributed by atoms with Crippen LogP contribution in [0.2, 0.25) is 5.02 Å². The minimum Gasteiger partial charge on any atom is -0.323 e. The SMILES string of the molecule is O=C(NNS(=O)(=O)c1ccccc1)c1ccc(Nc2nc(-c3ccc(Cl)cc3)n(-c3ccc(F)cc3)n2)cc1. The van der Waals surface area contributed by atoms with Crippen LogP contribution in [-0.2, 0) is 10.0 Å². The fourth-order valence-corrected chi connectivity index (χ4v) is 4.58. The summed E-state index contributed by atoms with van der Waals surface area (Å²) >= 11 is 6.03. The monoisotopic (exact) mass is 562 g/mol. The van der Waals surface area contributed by atoms with Crippen LogP contribution in [0.4, 0.5) is 16.0 Å². The van der Waals surface area contributed by atoms with Gasteiger partial charge in [-0.25, -0.2) is 17.5 Å². The first kappa shape index (κ1) is 26.0. The maximum Gasteiger partial charge on any atom is 0.266 e. The quantitative estimate of drug-likeness (QED) is 0.227. The van der Waals surface area contributed by atoms with Crippen LogP contribution in [0, 0.1) is 5.82 Å². The molecule has 39 heavy (non-hydrogen) atoms. The van der Waals surface area contributed by atoms with Gasteiger partial charge in [0.05, 0.1) is 10.6 Å². The summed E-state index contributed by atoms with van der Waals surface area (Å²) in [5.74, 6) is -0.244. The molecule has 1 heterocycles. The maximum absolute atomic E-state index is 13.5. The van der Waals surface area contributed by atoms with Crippen molar-refractivity contribution in [3.63, 3.8) is 0 Å². The summed E-state index contributed by atoms with van der Waals surface area (Å²) < 4.78 is 39.7. The van der Waals surface area contributed by atoms with Gasteiger partial charge in [0.15, 0.2) is 5.82 Å². The van der Waals surface area contributed by atoms with Gasteiger partial charge < -0.3 is 5.32 Å². The smallest absolute Gasteiger partial charge is 0.266 e. The van der Waals surface area contributed by atoms with E-state index < -0.39 is 15.9 Å². The number of hydrazine groups is 1. The Balaban J connectivity index is 1.33. The van der Waals surface area contributed by atoms with Crippen LogP contribution >= 0.6 is 11.6 Å². The van der Waals surface area contributed by atoms with Crippen LogP contribution in [0.25, 0.3) is 17.1 Å². The molecule has 5 rings (SSSR count). The van der Waals surface area contributed by atoms with Crippen molar-refractivity contribution in [2.45, 2.75) is 4.90 Å². The van der Waals surface area contributed by atoms with Crippen molar-refractivity contribution < 1.29 is 17.6 Å². The van der Waals surface area contributed by atoms with Crippen LogP contribution in [-0.4, -0.2) is 29.1 Å². The number of hydrogen-bond donors (Lipinski definition) is 3. The van der Waals surface area contributed by atoms with Gasteiger partial charge in [0.25, 0.3) is 15.9 Å². The molecule has 1 aromatic heterocycles. The summed E-state index contributed by atoms with van der Waals surface area (Å²) in [5, 5.41) is 8.19. The molecule has 3 N–H and O–H groups in total. The minimum atomic E-state index is -3.91. The number of carbonyl (C=O) groups excluding carboxylic acids is 1. The normalized spacial score (nSPS) is 11.2. The van der Waals surface area contributed by atoms with Gasteiger partial charge in [0.1, 0.15) is 5.82 Å². The van der Waals surface area contributed by atoms with Crippen molar-refractivity contribution in [1.82, 2.24) is 25.0 Å². The van der Waals surface area contributed by atoms with Gasteiger partial charge in [0.2, 0.25) is 5.95 Å². The summed E-state index contributed by atoms with van der Waals surface area (Å²) in [5.41, 5.74) is 4.35. The first-order chi connectivity index (χ1) is 18.8. The molecular weight excluding hydrogens is 543 g/mol.